The van der Waals surface area contributed by atoms with E-state index in [2.05, 4.69) is 18.5 Å². The Labute approximate surface area is 75.9 Å². The topological polar surface area (TPSA) is 23.5 Å². The SMILES string of the molecule is C=C(C)CCN(C)CCC(C)O. The van der Waals surface area contributed by atoms with Crippen molar-refractivity contribution in [1.82, 2.24) is 4.90 Å². The Balaban J connectivity index is 3.33. The van der Waals surface area contributed by atoms with Gasteiger partial charge in [-0.15, -0.1) is 6.58 Å². The second-order valence-corrected chi connectivity index (χ2v) is 3.65. The van der Waals surface area contributed by atoms with E-state index in [0.717, 1.165) is 25.9 Å². The Kier molecular flexibility index (Phi) is 6.03. The third-order valence-electron chi connectivity index (χ3n) is 1.85. The summed E-state index contributed by atoms with van der Waals surface area (Å²) < 4.78 is 0. The van der Waals surface area contributed by atoms with Gasteiger partial charge >= 0.3 is 0 Å². The third-order valence-corrected chi connectivity index (χ3v) is 1.85. The molecule has 0 saturated heterocycles. The summed E-state index contributed by atoms with van der Waals surface area (Å²) in [7, 11) is 2.07. The van der Waals surface area contributed by atoms with Crippen molar-refractivity contribution in [3.05, 3.63) is 12.2 Å². The second kappa shape index (κ2) is 6.21. The zero-order valence-electron chi connectivity index (χ0n) is 8.51. The van der Waals surface area contributed by atoms with Crippen molar-refractivity contribution in [2.75, 3.05) is 20.1 Å². The number of aliphatic hydroxyl groups excluding tert-OH is 1. The average Bonchev–Trinajstić information content (AvgIpc) is 1.96. The Bertz CT molecular complexity index is 132. The van der Waals surface area contributed by atoms with Gasteiger partial charge in [0.2, 0.25) is 0 Å². The fourth-order valence-electron chi connectivity index (χ4n) is 0.901. The van der Waals surface area contributed by atoms with E-state index in [1.807, 2.05) is 13.8 Å². The van der Waals surface area contributed by atoms with Gasteiger partial charge in [-0.2, -0.15) is 0 Å². The fraction of sp³-hybridized carbons (Fsp3) is 0.800. The molecule has 0 spiro atoms. The largest absolute Gasteiger partial charge is 0.393 e. The zero-order chi connectivity index (χ0) is 9.56. The van der Waals surface area contributed by atoms with E-state index in [0.29, 0.717) is 0 Å². The highest BCUT2D eigenvalue weighted by atomic mass is 16.3. The predicted octanol–water partition coefficient (Wildman–Crippen LogP) is 1.66. The van der Waals surface area contributed by atoms with E-state index < -0.39 is 0 Å². The minimum absolute atomic E-state index is 0.183. The minimum Gasteiger partial charge on any atom is -0.393 e. The van der Waals surface area contributed by atoms with E-state index >= 15 is 0 Å². The van der Waals surface area contributed by atoms with E-state index in [9.17, 15) is 0 Å². The van der Waals surface area contributed by atoms with Gasteiger partial charge in [-0.25, -0.2) is 0 Å². The van der Waals surface area contributed by atoms with Gasteiger partial charge in [-0.1, -0.05) is 5.57 Å². The molecule has 0 aliphatic carbocycles. The molecule has 0 fully saturated rings. The summed E-state index contributed by atoms with van der Waals surface area (Å²) in [6.45, 7) is 9.72. The average molecular weight is 171 g/mol. The van der Waals surface area contributed by atoms with E-state index in [-0.39, 0.29) is 6.10 Å². The monoisotopic (exact) mass is 171 g/mol. The van der Waals surface area contributed by atoms with Gasteiger partial charge in [-0.05, 0) is 33.7 Å². The van der Waals surface area contributed by atoms with Gasteiger partial charge in [0, 0.05) is 13.1 Å². The van der Waals surface area contributed by atoms with Crippen LogP contribution >= 0.6 is 0 Å². The van der Waals surface area contributed by atoms with Gasteiger partial charge in [0.1, 0.15) is 0 Å². The van der Waals surface area contributed by atoms with Crippen molar-refractivity contribution in [1.29, 1.82) is 0 Å². The zero-order valence-corrected chi connectivity index (χ0v) is 8.51. The lowest BCUT2D eigenvalue weighted by atomic mass is 10.2. The van der Waals surface area contributed by atoms with Gasteiger partial charge in [0.05, 0.1) is 6.10 Å². The summed E-state index contributed by atoms with van der Waals surface area (Å²) in [4.78, 5) is 2.22. The van der Waals surface area contributed by atoms with Crippen molar-refractivity contribution < 1.29 is 5.11 Å². The molecule has 2 heteroatoms. The molecule has 1 N–H and O–H groups in total. The number of nitrogens with zero attached hydrogens (tertiary/aromatic N) is 1. The molecule has 0 aromatic rings. The van der Waals surface area contributed by atoms with Gasteiger partial charge in [-0.3, -0.25) is 0 Å². The van der Waals surface area contributed by atoms with Crippen molar-refractivity contribution in [3.8, 4) is 0 Å². The van der Waals surface area contributed by atoms with Gasteiger partial charge < -0.3 is 10.0 Å². The highest BCUT2D eigenvalue weighted by molar-refractivity contribution is 4.88. The number of hydrogen-bond donors (Lipinski definition) is 1. The number of rotatable bonds is 6. The molecule has 72 valence electrons. The van der Waals surface area contributed by atoms with Crippen LogP contribution in [0, 0.1) is 0 Å². The van der Waals surface area contributed by atoms with Gasteiger partial charge in [0.25, 0.3) is 0 Å². The first kappa shape index (κ1) is 11.7. The predicted molar refractivity (Wildman–Crippen MR) is 53.2 cm³/mol. The van der Waals surface area contributed by atoms with Crippen molar-refractivity contribution in [3.63, 3.8) is 0 Å². The van der Waals surface area contributed by atoms with Crippen LogP contribution in [0.3, 0.4) is 0 Å². The molecular formula is C10H21NO. The fourth-order valence-corrected chi connectivity index (χ4v) is 0.901. The van der Waals surface area contributed by atoms with Crippen LogP contribution in [0.15, 0.2) is 12.2 Å². The van der Waals surface area contributed by atoms with Crippen LogP contribution in [0.4, 0.5) is 0 Å². The summed E-state index contributed by atoms with van der Waals surface area (Å²) in [5, 5.41) is 9.03. The Hall–Kier alpha value is -0.340. The summed E-state index contributed by atoms with van der Waals surface area (Å²) in [5.41, 5.74) is 1.22. The van der Waals surface area contributed by atoms with Crippen molar-refractivity contribution in [2.24, 2.45) is 0 Å². The second-order valence-electron chi connectivity index (χ2n) is 3.65. The van der Waals surface area contributed by atoms with E-state index in [1.54, 1.807) is 0 Å². The molecule has 0 rings (SSSR count). The highest BCUT2D eigenvalue weighted by Gasteiger charge is 2.00. The first-order valence-electron chi connectivity index (χ1n) is 4.53. The summed E-state index contributed by atoms with van der Waals surface area (Å²) in [5.74, 6) is 0. The van der Waals surface area contributed by atoms with E-state index in [1.165, 1.54) is 5.57 Å². The summed E-state index contributed by atoms with van der Waals surface area (Å²) in [6.07, 6.45) is 1.72. The molecule has 0 saturated carbocycles. The summed E-state index contributed by atoms with van der Waals surface area (Å²) in [6, 6.07) is 0. The van der Waals surface area contributed by atoms with Crippen LogP contribution in [0.5, 0.6) is 0 Å². The molecule has 0 bridgehead atoms. The first-order valence-corrected chi connectivity index (χ1v) is 4.53. The molecule has 0 radical (unpaired) electrons. The maximum atomic E-state index is 9.03. The minimum atomic E-state index is -0.183. The molecule has 0 aliphatic rings. The number of aliphatic hydroxyl groups is 1. The van der Waals surface area contributed by atoms with Crippen LogP contribution in [-0.4, -0.2) is 36.2 Å². The quantitative estimate of drug-likeness (QED) is 0.614. The van der Waals surface area contributed by atoms with Crippen LogP contribution in [0.1, 0.15) is 26.7 Å². The lowest BCUT2D eigenvalue weighted by Crippen LogP contribution is -2.23. The van der Waals surface area contributed by atoms with E-state index in [4.69, 9.17) is 5.11 Å². The van der Waals surface area contributed by atoms with Crippen LogP contribution in [-0.2, 0) is 0 Å². The highest BCUT2D eigenvalue weighted by Crippen LogP contribution is 1.99. The summed E-state index contributed by atoms with van der Waals surface area (Å²) >= 11 is 0. The maximum Gasteiger partial charge on any atom is 0.0524 e. The molecule has 1 unspecified atom stereocenters. The molecule has 0 amide bonds. The molecule has 0 aromatic heterocycles. The van der Waals surface area contributed by atoms with Crippen LogP contribution in [0.2, 0.25) is 0 Å². The van der Waals surface area contributed by atoms with Crippen molar-refractivity contribution >= 4 is 0 Å². The molecule has 0 aliphatic heterocycles. The molecular weight excluding hydrogens is 150 g/mol. The molecule has 12 heavy (non-hydrogen) atoms. The maximum absolute atomic E-state index is 9.03. The molecule has 1 atom stereocenters. The normalized spacial score (nSPS) is 13.4. The van der Waals surface area contributed by atoms with Crippen LogP contribution < -0.4 is 0 Å². The third kappa shape index (κ3) is 7.76. The lowest BCUT2D eigenvalue weighted by Gasteiger charge is -2.17. The molecule has 2 nitrogen and oxygen atoms in total. The first-order chi connectivity index (χ1) is 5.52. The Morgan fingerprint density at radius 1 is 1.50 bits per heavy atom. The van der Waals surface area contributed by atoms with Gasteiger partial charge in [0.15, 0.2) is 0 Å². The van der Waals surface area contributed by atoms with Crippen molar-refractivity contribution in [2.45, 2.75) is 32.8 Å². The molecule has 0 aromatic carbocycles. The lowest BCUT2D eigenvalue weighted by molar-refractivity contribution is 0.165. The molecule has 0 heterocycles. The smallest absolute Gasteiger partial charge is 0.0524 e. The Morgan fingerprint density at radius 3 is 2.50 bits per heavy atom. The number of hydrogen-bond acceptors (Lipinski definition) is 2. The standard InChI is InChI=1S/C10H21NO/c1-9(2)5-7-11(4)8-6-10(3)12/h10,12H,1,5-8H2,2-4H3. The Morgan fingerprint density at radius 2 is 2.08 bits per heavy atom. The van der Waals surface area contributed by atoms with Crippen LogP contribution in [0.25, 0.3) is 0 Å².